The lowest BCUT2D eigenvalue weighted by atomic mass is 9.88. The average molecular weight is 314 g/mol. The van der Waals surface area contributed by atoms with Crippen LogP contribution in [0.4, 0.5) is 0 Å². The number of fused-ring (bicyclic) bond motifs is 1. The molecule has 0 amide bonds. The highest BCUT2D eigenvalue weighted by Crippen LogP contribution is 2.35. The van der Waals surface area contributed by atoms with Crippen molar-refractivity contribution in [1.29, 1.82) is 0 Å². The molecule has 1 aromatic carbocycles. The molecule has 5 heteroatoms. The van der Waals surface area contributed by atoms with E-state index in [1.165, 1.54) is 13.3 Å². The summed E-state index contributed by atoms with van der Waals surface area (Å²) >= 11 is 0. The third-order valence-corrected chi connectivity index (χ3v) is 4.84. The van der Waals surface area contributed by atoms with Crippen molar-refractivity contribution in [2.45, 2.75) is 57.9 Å². The van der Waals surface area contributed by atoms with E-state index in [-0.39, 0.29) is 5.78 Å². The molecule has 0 aliphatic heterocycles. The summed E-state index contributed by atoms with van der Waals surface area (Å²) in [5, 5.41) is 9.48. The zero-order valence-electron chi connectivity index (χ0n) is 13.6. The molecule has 5 nitrogen and oxygen atoms in total. The van der Waals surface area contributed by atoms with Crippen molar-refractivity contribution >= 4 is 22.8 Å². The van der Waals surface area contributed by atoms with Gasteiger partial charge in [-0.2, -0.15) is 0 Å². The van der Waals surface area contributed by atoms with Crippen LogP contribution in [-0.2, 0) is 4.79 Å². The first-order valence-electron chi connectivity index (χ1n) is 8.24. The fraction of sp³-hybridized carbons (Fsp3) is 0.500. The first-order valence-corrected chi connectivity index (χ1v) is 8.24. The minimum absolute atomic E-state index is 0.00745. The molecule has 0 spiro atoms. The number of aromatic nitrogens is 2. The highest BCUT2D eigenvalue weighted by atomic mass is 16.4. The number of Topliss-reactive ketones (excluding diaryl/α,β-unsaturated/α-hetero) is 1. The molecule has 23 heavy (non-hydrogen) atoms. The Morgan fingerprint density at radius 1 is 1.26 bits per heavy atom. The first-order chi connectivity index (χ1) is 11.0. The second-order valence-corrected chi connectivity index (χ2v) is 6.45. The average Bonchev–Trinajstić information content (AvgIpc) is 2.93. The lowest BCUT2D eigenvalue weighted by molar-refractivity contribution is -0.140. The number of nitrogens with zero attached hydrogens (tertiary/aromatic N) is 2. The van der Waals surface area contributed by atoms with Crippen LogP contribution < -0.4 is 0 Å². The van der Waals surface area contributed by atoms with E-state index in [9.17, 15) is 14.7 Å². The van der Waals surface area contributed by atoms with E-state index in [4.69, 9.17) is 4.98 Å². The van der Waals surface area contributed by atoms with Crippen LogP contribution in [0.25, 0.3) is 11.0 Å². The maximum atomic E-state index is 11.6. The van der Waals surface area contributed by atoms with Crippen LogP contribution in [0.15, 0.2) is 18.2 Å². The molecule has 1 aliphatic rings. The van der Waals surface area contributed by atoms with E-state index in [2.05, 4.69) is 0 Å². The lowest BCUT2D eigenvalue weighted by Crippen LogP contribution is -2.20. The normalized spacial score (nSPS) is 17.3. The highest BCUT2D eigenvalue weighted by Gasteiger charge is 2.27. The van der Waals surface area contributed by atoms with Crippen LogP contribution in [-0.4, -0.2) is 26.4 Å². The quantitative estimate of drug-likeness (QED) is 0.868. The SMILES string of the molecule is CC(=O)c1ccc2c(c1)nc(C1CCCCC1)n2C(C)C(=O)O. The van der Waals surface area contributed by atoms with Gasteiger partial charge in [0.25, 0.3) is 0 Å². The van der Waals surface area contributed by atoms with E-state index < -0.39 is 12.0 Å². The molecule has 2 aromatic rings. The Labute approximate surface area is 135 Å². The van der Waals surface area contributed by atoms with Crippen LogP contribution >= 0.6 is 0 Å². The fourth-order valence-corrected chi connectivity index (χ4v) is 3.50. The number of carboxylic acids is 1. The van der Waals surface area contributed by atoms with Gasteiger partial charge in [0.05, 0.1) is 11.0 Å². The van der Waals surface area contributed by atoms with E-state index in [0.29, 0.717) is 17.0 Å². The minimum atomic E-state index is -0.864. The Balaban J connectivity index is 2.17. The molecule has 1 unspecified atom stereocenters. The third-order valence-electron chi connectivity index (χ3n) is 4.84. The van der Waals surface area contributed by atoms with Gasteiger partial charge in [-0.1, -0.05) is 19.3 Å². The number of ketones is 1. The van der Waals surface area contributed by atoms with Crippen molar-refractivity contribution < 1.29 is 14.7 Å². The Morgan fingerprint density at radius 3 is 2.57 bits per heavy atom. The van der Waals surface area contributed by atoms with Gasteiger partial charge in [0.2, 0.25) is 0 Å². The molecule has 122 valence electrons. The van der Waals surface area contributed by atoms with Gasteiger partial charge >= 0.3 is 5.97 Å². The molecule has 0 bridgehead atoms. The summed E-state index contributed by atoms with van der Waals surface area (Å²) in [7, 11) is 0. The van der Waals surface area contributed by atoms with Gasteiger partial charge in [0, 0.05) is 11.5 Å². The Hall–Kier alpha value is -2.17. The number of benzene rings is 1. The van der Waals surface area contributed by atoms with E-state index in [1.54, 1.807) is 19.1 Å². The molecule has 0 radical (unpaired) electrons. The summed E-state index contributed by atoms with van der Waals surface area (Å²) in [4.78, 5) is 27.9. The molecule has 1 saturated carbocycles. The predicted octanol–water partition coefficient (Wildman–Crippen LogP) is 3.93. The van der Waals surface area contributed by atoms with Crippen LogP contribution in [0.5, 0.6) is 0 Å². The van der Waals surface area contributed by atoms with E-state index >= 15 is 0 Å². The molecule has 1 aliphatic carbocycles. The number of aliphatic carboxylic acids is 1. The van der Waals surface area contributed by atoms with Crippen molar-refractivity contribution in [2.24, 2.45) is 0 Å². The van der Waals surface area contributed by atoms with Crippen LogP contribution in [0.2, 0.25) is 0 Å². The Morgan fingerprint density at radius 2 is 1.96 bits per heavy atom. The van der Waals surface area contributed by atoms with Gasteiger partial charge < -0.3 is 9.67 Å². The molecule has 1 fully saturated rings. The van der Waals surface area contributed by atoms with E-state index in [1.807, 2.05) is 10.6 Å². The summed E-state index contributed by atoms with van der Waals surface area (Å²) in [6.45, 7) is 3.22. The van der Waals surface area contributed by atoms with Crippen molar-refractivity contribution in [3.05, 3.63) is 29.6 Å². The number of hydrogen-bond acceptors (Lipinski definition) is 3. The fourth-order valence-electron chi connectivity index (χ4n) is 3.50. The zero-order valence-corrected chi connectivity index (χ0v) is 13.6. The maximum absolute atomic E-state index is 11.6. The number of carboxylic acid groups (broad SMARTS) is 1. The summed E-state index contributed by atoms with van der Waals surface area (Å²) < 4.78 is 1.84. The summed E-state index contributed by atoms with van der Waals surface area (Å²) in [6, 6.07) is 4.68. The number of carbonyl (C=O) groups excluding carboxylic acids is 1. The molecular formula is C18H22N2O3. The number of hydrogen-bond donors (Lipinski definition) is 1. The van der Waals surface area contributed by atoms with Crippen LogP contribution in [0.1, 0.15) is 74.1 Å². The number of carbonyl (C=O) groups is 2. The summed E-state index contributed by atoms with van der Waals surface area (Å²) in [6.07, 6.45) is 5.66. The van der Waals surface area contributed by atoms with Crippen molar-refractivity contribution in [3.8, 4) is 0 Å². The lowest BCUT2D eigenvalue weighted by Gasteiger charge is -2.23. The van der Waals surface area contributed by atoms with Crippen LogP contribution in [0, 0.1) is 0 Å². The van der Waals surface area contributed by atoms with Gasteiger partial charge in [-0.25, -0.2) is 9.78 Å². The summed E-state index contributed by atoms with van der Waals surface area (Å²) in [5.74, 6) is 0.290. The molecule has 1 aromatic heterocycles. The standard InChI is InChI=1S/C18H22N2O3/c1-11(18(22)23)20-16-9-8-14(12(2)21)10-15(16)19-17(20)13-6-4-3-5-7-13/h8-11,13H,3-7H2,1-2H3,(H,22,23). The second-order valence-electron chi connectivity index (χ2n) is 6.45. The summed E-state index contributed by atoms with van der Waals surface area (Å²) in [5.41, 5.74) is 2.12. The van der Waals surface area contributed by atoms with Gasteiger partial charge in [0.15, 0.2) is 5.78 Å². The van der Waals surface area contributed by atoms with Gasteiger partial charge in [0.1, 0.15) is 11.9 Å². The zero-order chi connectivity index (χ0) is 16.6. The van der Waals surface area contributed by atoms with Gasteiger partial charge in [-0.15, -0.1) is 0 Å². The Kier molecular flexibility index (Phi) is 4.20. The second kappa shape index (κ2) is 6.14. The number of rotatable bonds is 4. The topological polar surface area (TPSA) is 72.2 Å². The monoisotopic (exact) mass is 314 g/mol. The van der Waals surface area contributed by atoms with Crippen LogP contribution in [0.3, 0.4) is 0 Å². The molecule has 0 saturated heterocycles. The maximum Gasteiger partial charge on any atom is 0.326 e. The Bertz CT molecular complexity index is 757. The molecule has 1 N–H and O–H groups in total. The van der Waals surface area contributed by atoms with Gasteiger partial charge in [-0.05, 0) is 44.9 Å². The largest absolute Gasteiger partial charge is 0.480 e. The molecule has 1 atom stereocenters. The van der Waals surface area contributed by atoms with E-state index in [0.717, 1.165) is 37.0 Å². The molecular weight excluding hydrogens is 292 g/mol. The van der Waals surface area contributed by atoms with Crippen molar-refractivity contribution in [1.82, 2.24) is 9.55 Å². The predicted molar refractivity (Wildman–Crippen MR) is 87.9 cm³/mol. The van der Waals surface area contributed by atoms with Gasteiger partial charge in [-0.3, -0.25) is 4.79 Å². The number of imidazole rings is 1. The molecule has 3 rings (SSSR count). The molecule has 1 heterocycles. The highest BCUT2D eigenvalue weighted by molar-refractivity contribution is 5.97. The smallest absolute Gasteiger partial charge is 0.326 e. The first kappa shape index (κ1) is 15.7. The van der Waals surface area contributed by atoms with Crippen molar-refractivity contribution in [3.63, 3.8) is 0 Å². The van der Waals surface area contributed by atoms with Crippen molar-refractivity contribution in [2.75, 3.05) is 0 Å². The third kappa shape index (κ3) is 2.87. The minimum Gasteiger partial charge on any atom is -0.480 e.